The van der Waals surface area contributed by atoms with E-state index in [1.165, 1.54) is 17.3 Å². The first-order chi connectivity index (χ1) is 13.0. The van der Waals surface area contributed by atoms with Crippen molar-refractivity contribution >= 4 is 35.0 Å². The minimum Gasteiger partial charge on any atom is -0.325 e. The normalized spacial score (nSPS) is 10.8. The lowest BCUT2D eigenvalue weighted by Crippen LogP contribution is -2.14. The van der Waals surface area contributed by atoms with Crippen molar-refractivity contribution in [1.29, 1.82) is 0 Å². The molecule has 1 heterocycles. The van der Waals surface area contributed by atoms with Gasteiger partial charge in [0.2, 0.25) is 5.91 Å². The van der Waals surface area contributed by atoms with Crippen molar-refractivity contribution in [2.45, 2.75) is 24.9 Å². The number of carbonyl (C=O) groups is 1. The van der Waals surface area contributed by atoms with Gasteiger partial charge in [-0.25, -0.2) is 0 Å². The first-order valence-electron chi connectivity index (χ1n) is 8.69. The Kier molecular flexibility index (Phi) is 6.53. The van der Waals surface area contributed by atoms with Crippen LogP contribution in [0.25, 0.3) is 0 Å². The lowest BCUT2D eigenvalue weighted by atomic mass is 10.1. The summed E-state index contributed by atoms with van der Waals surface area (Å²) in [5, 5.41) is 12.8. The quantitative estimate of drug-likeness (QED) is 0.599. The Bertz CT molecular complexity index is 907. The number of thioether (sulfide) groups is 1. The summed E-state index contributed by atoms with van der Waals surface area (Å²) < 4.78 is 1.92. The molecular formula is C20H21ClN4OS. The molecule has 0 saturated heterocycles. The zero-order valence-corrected chi connectivity index (χ0v) is 16.8. The molecule has 0 unspecified atom stereocenters. The number of halogens is 1. The minimum absolute atomic E-state index is 0.0634. The van der Waals surface area contributed by atoms with Crippen LogP contribution in [0.2, 0.25) is 5.02 Å². The summed E-state index contributed by atoms with van der Waals surface area (Å²) in [5.41, 5.74) is 3.16. The molecule has 0 fully saturated rings. The molecule has 7 heteroatoms. The van der Waals surface area contributed by atoms with E-state index in [2.05, 4.69) is 22.4 Å². The molecule has 0 spiro atoms. The third-order valence-corrected chi connectivity index (χ3v) is 5.45. The average molecular weight is 401 g/mol. The van der Waals surface area contributed by atoms with E-state index < -0.39 is 0 Å². The van der Waals surface area contributed by atoms with Gasteiger partial charge in [-0.1, -0.05) is 54.6 Å². The van der Waals surface area contributed by atoms with Crippen LogP contribution in [-0.2, 0) is 24.7 Å². The molecule has 0 aliphatic rings. The number of anilines is 1. The van der Waals surface area contributed by atoms with Gasteiger partial charge in [0.1, 0.15) is 5.82 Å². The van der Waals surface area contributed by atoms with Crippen molar-refractivity contribution in [2.24, 2.45) is 7.05 Å². The number of rotatable bonds is 7. The molecule has 0 bridgehead atoms. The second-order valence-corrected chi connectivity index (χ2v) is 7.53. The Labute approximate surface area is 168 Å². The molecule has 0 radical (unpaired) electrons. The Morgan fingerprint density at radius 3 is 2.41 bits per heavy atom. The monoisotopic (exact) mass is 400 g/mol. The number of aromatic nitrogens is 3. The highest BCUT2D eigenvalue weighted by atomic mass is 35.5. The van der Waals surface area contributed by atoms with Crippen LogP contribution in [0.3, 0.4) is 0 Å². The second kappa shape index (κ2) is 9.06. The van der Waals surface area contributed by atoms with Gasteiger partial charge < -0.3 is 9.88 Å². The topological polar surface area (TPSA) is 59.8 Å². The standard InChI is InChI=1S/C20H21ClN4OS/c1-3-14-6-10-17(11-7-14)22-19(26)13-27-20-24-23-18(25(20)2)12-15-4-8-16(21)9-5-15/h4-11H,3,12-13H2,1-2H3,(H,22,26). The molecule has 1 N–H and O–H groups in total. The van der Waals surface area contributed by atoms with Crippen molar-refractivity contribution < 1.29 is 4.79 Å². The van der Waals surface area contributed by atoms with Gasteiger partial charge in [-0.3, -0.25) is 4.79 Å². The maximum Gasteiger partial charge on any atom is 0.234 e. The van der Waals surface area contributed by atoms with Crippen molar-refractivity contribution in [3.63, 3.8) is 0 Å². The fraction of sp³-hybridized carbons (Fsp3) is 0.250. The summed E-state index contributed by atoms with van der Waals surface area (Å²) in [7, 11) is 1.91. The molecule has 27 heavy (non-hydrogen) atoms. The van der Waals surface area contributed by atoms with E-state index in [1.54, 1.807) is 0 Å². The molecule has 0 atom stereocenters. The predicted molar refractivity (Wildman–Crippen MR) is 110 cm³/mol. The number of hydrogen-bond donors (Lipinski definition) is 1. The Balaban J connectivity index is 1.55. The largest absolute Gasteiger partial charge is 0.325 e. The number of nitrogens with zero attached hydrogens (tertiary/aromatic N) is 3. The molecule has 1 aromatic heterocycles. The molecular weight excluding hydrogens is 380 g/mol. The molecule has 1 amide bonds. The van der Waals surface area contributed by atoms with Gasteiger partial charge in [-0.15, -0.1) is 10.2 Å². The first-order valence-corrected chi connectivity index (χ1v) is 10.1. The maximum absolute atomic E-state index is 12.2. The van der Waals surface area contributed by atoms with Gasteiger partial charge in [0, 0.05) is 24.2 Å². The van der Waals surface area contributed by atoms with Crippen LogP contribution in [0.15, 0.2) is 53.7 Å². The lowest BCUT2D eigenvalue weighted by Gasteiger charge is -2.06. The van der Waals surface area contributed by atoms with E-state index >= 15 is 0 Å². The first kappa shape index (κ1) is 19.5. The predicted octanol–water partition coefficient (Wildman–Crippen LogP) is 4.35. The zero-order valence-electron chi connectivity index (χ0n) is 15.3. The lowest BCUT2D eigenvalue weighted by molar-refractivity contribution is -0.113. The molecule has 0 aliphatic heterocycles. The molecule has 2 aromatic carbocycles. The smallest absolute Gasteiger partial charge is 0.234 e. The third-order valence-electron chi connectivity index (χ3n) is 4.18. The van der Waals surface area contributed by atoms with Gasteiger partial charge in [-0.05, 0) is 41.8 Å². The van der Waals surface area contributed by atoms with Crippen LogP contribution >= 0.6 is 23.4 Å². The molecule has 3 aromatic rings. The summed E-state index contributed by atoms with van der Waals surface area (Å²) in [6, 6.07) is 15.6. The van der Waals surface area contributed by atoms with Crippen LogP contribution in [0.1, 0.15) is 23.9 Å². The Hall–Kier alpha value is -2.31. The molecule has 5 nitrogen and oxygen atoms in total. The summed E-state index contributed by atoms with van der Waals surface area (Å²) >= 11 is 7.29. The van der Waals surface area contributed by atoms with Crippen LogP contribution in [0.5, 0.6) is 0 Å². The fourth-order valence-corrected chi connectivity index (χ4v) is 3.42. The van der Waals surface area contributed by atoms with E-state index in [1.807, 2.05) is 60.1 Å². The van der Waals surface area contributed by atoms with Crippen molar-refractivity contribution in [1.82, 2.24) is 14.8 Å². The molecule has 3 rings (SSSR count). The van der Waals surface area contributed by atoms with Gasteiger partial charge >= 0.3 is 0 Å². The van der Waals surface area contributed by atoms with Crippen LogP contribution in [0, 0.1) is 0 Å². The number of amides is 1. The van der Waals surface area contributed by atoms with Crippen LogP contribution in [-0.4, -0.2) is 26.4 Å². The van der Waals surface area contributed by atoms with Gasteiger partial charge in [-0.2, -0.15) is 0 Å². The highest BCUT2D eigenvalue weighted by molar-refractivity contribution is 7.99. The van der Waals surface area contributed by atoms with Gasteiger partial charge in [0.05, 0.1) is 5.75 Å². The SMILES string of the molecule is CCc1ccc(NC(=O)CSc2nnc(Cc3ccc(Cl)cc3)n2C)cc1. The van der Waals surface area contributed by atoms with E-state index in [4.69, 9.17) is 11.6 Å². The number of carbonyl (C=O) groups excluding carboxylic acids is 1. The molecule has 0 saturated carbocycles. The maximum atomic E-state index is 12.2. The van der Waals surface area contributed by atoms with Crippen LogP contribution < -0.4 is 5.32 Å². The van der Waals surface area contributed by atoms with Crippen molar-refractivity contribution in [2.75, 3.05) is 11.1 Å². The summed E-state index contributed by atoms with van der Waals surface area (Å²) in [4.78, 5) is 12.2. The van der Waals surface area contributed by atoms with Gasteiger partial charge in [0.15, 0.2) is 5.16 Å². The van der Waals surface area contributed by atoms with E-state index in [0.717, 1.165) is 28.7 Å². The van der Waals surface area contributed by atoms with E-state index in [0.29, 0.717) is 11.4 Å². The number of aryl methyl sites for hydroxylation is 1. The van der Waals surface area contributed by atoms with Crippen molar-refractivity contribution in [3.05, 3.63) is 70.5 Å². The Morgan fingerprint density at radius 2 is 1.74 bits per heavy atom. The molecule has 0 aliphatic carbocycles. The van der Waals surface area contributed by atoms with Gasteiger partial charge in [0.25, 0.3) is 0 Å². The summed E-state index contributed by atoms with van der Waals surface area (Å²) in [6.07, 6.45) is 1.64. The summed E-state index contributed by atoms with van der Waals surface area (Å²) in [6.45, 7) is 2.10. The third kappa shape index (κ3) is 5.34. The summed E-state index contributed by atoms with van der Waals surface area (Å²) in [5.74, 6) is 1.06. The zero-order chi connectivity index (χ0) is 19.2. The Morgan fingerprint density at radius 1 is 1.07 bits per heavy atom. The number of nitrogens with one attached hydrogen (secondary N) is 1. The van der Waals surface area contributed by atoms with Crippen molar-refractivity contribution in [3.8, 4) is 0 Å². The highest BCUT2D eigenvalue weighted by Crippen LogP contribution is 2.19. The second-order valence-electron chi connectivity index (χ2n) is 6.15. The minimum atomic E-state index is -0.0634. The number of hydrogen-bond acceptors (Lipinski definition) is 4. The van der Waals surface area contributed by atoms with E-state index in [9.17, 15) is 4.79 Å². The highest BCUT2D eigenvalue weighted by Gasteiger charge is 2.12. The fourth-order valence-electron chi connectivity index (χ4n) is 2.56. The number of benzene rings is 2. The van der Waals surface area contributed by atoms with E-state index in [-0.39, 0.29) is 11.7 Å². The molecule has 140 valence electrons. The van der Waals surface area contributed by atoms with Crippen LogP contribution in [0.4, 0.5) is 5.69 Å². The average Bonchev–Trinajstić information content (AvgIpc) is 3.02.